The molecule has 1 aliphatic rings. The van der Waals surface area contributed by atoms with E-state index in [9.17, 15) is 9.18 Å². The fourth-order valence-corrected chi connectivity index (χ4v) is 2.46. The van der Waals surface area contributed by atoms with E-state index >= 15 is 0 Å². The lowest BCUT2D eigenvalue weighted by atomic mass is 10.0. The van der Waals surface area contributed by atoms with Crippen LogP contribution in [0.1, 0.15) is 38.5 Å². The minimum absolute atomic E-state index is 0.0499. The molecule has 1 amide bonds. The molecule has 0 aliphatic heterocycles. The predicted octanol–water partition coefficient (Wildman–Crippen LogP) is 3.32. The number of carbonyl (C=O) groups excluding carboxylic acids is 1. The molecule has 98 valence electrons. The molecule has 1 aromatic rings. The molecule has 18 heavy (non-hydrogen) atoms. The van der Waals surface area contributed by atoms with Crippen LogP contribution in [-0.2, 0) is 4.79 Å². The van der Waals surface area contributed by atoms with Gasteiger partial charge >= 0.3 is 0 Å². The van der Waals surface area contributed by atoms with E-state index in [1.165, 1.54) is 37.8 Å². The fraction of sp³-hybridized carbons (Fsp3) is 0.500. The van der Waals surface area contributed by atoms with Gasteiger partial charge in [0.05, 0.1) is 5.69 Å². The minimum atomic E-state index is -0.497. The van der Waals surface area contributed by atoms with E-state index in [1.807, 2.05) is 0 Å². The summed E-state index contributed by atoms with van der Waals surface area (Å²) in [6.07, 6.45) is 6.50. The smallest absolute Gasteiger partial charge is 0.224 e. The van der Waals surface area contributed by atoms with Gasteiger partial charge in [-0.1, -0.05) is 25.7 Å². The van der Waals surface area contributed by atoms with Crippen molar-refractivity contribution in [2.24, 2.45) is 5.92 Å². The predicted molar refractivity (Wildman–Crippen MR) is 70.6 cm³/mol. The molecule has 1 fully saturated rings. The van der Waals surface area contributed by atoms with Crippen molar-refractivity contribution >= 4 is 17.3 Å². The van der Waals surface area contributed by atoms with E-state index in [-0.39, 0.29) is 11.6 Å². The van der Waals surface area contributed by atoms with Crippen molar-refractivity contribution in [1.29, 1.82) is 0 Å². The summed E-state index contributed by atoms with van der Waals surface area (Å²) in [5.74, 6) is 0.147. The van der Waals surface area contributed by atoms with E-state index < -0.39 is 5.82 Å². The fourth-order valence-electron chi connectivity index (χ4n) is 2.46. The van der Waals surface area contributed by atoms with Crippen molar-refractivity contribution in [3.8, 4) is 0 Å². The summed E-state index contributed by atoms with van der Waals surface area (Å²) in [5, 5.41) is 2.70. The van der Waals surface area contributed by atoms with Crippen LogP contribution in [0.2, 0.25) is 0 Å². The van der Waals surface area contributed by atoms with Gasteiger partial charge in [-0.15, -0.1) is 0 Å². The Bertz CT molecular complexity index is 428. The van der Waals surface area contributed by atoms with Crippen LogP contribution in [0.3, 0.4) is 0 Å². The molecule has 0 heterocycles. The molecular weight excluding hydrogens is 231 g/mol. The van der Waals surface area contributed by atoms with Crippen LogP contribution in [0.25, 0.3) is 0 Å². The number of carbonyl (C=O) groups is 1. The zero-order chi connectivity index (χ0) is 13.0. The Labute approximate surface area is 107 Å². The number of rotatable bonds is 4. The monoisotopic (exact) mass is 250 g/mol. The second kappa shape index (κ2) is 5.85. The molecule has 3 N–H and O–H groups in total. The maximum absolute atomic E-state index is 13.2. The Hall–Kier alpha value is -1.58. The van der Waals surface area contributed by atoms with Gasteiger partial charge in [-0.2, -0.15) is 0 Å². The molecule has 1 aromatic carbocycles. The van der Waals surface area contributed by atoms with Gasteiger partial charge in [0.1, 0.15) is 5.82 Å². The highest BCUT2D eigenvalue weighted by Gasteiger charge is 2.16. The molecule has 3 nitrogen and oxygen atoms in total. The van der Waals surface area contributed by atoms with Gasteiger partial charge in [0.15, 0.2) is 0 Å². The Balaban J connectivity index is 1.80. The third kappa shape index (κ3) is 3.45. The Kier molecular flexibility index (Phi) is 4.18. The summed E-state index contributed by atoms with van der Waals surface area (Å²) >= 11 is 0. The number of hydrogen-bond acceptors (Lipinski definition) is 2. The second-order valence-electron chi connectivity index (χ2n) is 4.97. The van der Waals surface area contributed by atoms with Gasteiger partial charge in [-0.3, -0.25) is 4.79 Å². The lowest BCUT2D eigenvalue weighted by Crippen LogP contribution is -2.13. The first-order valence-corrected chi connectivity index (χ1v) is 6.50. The van der Waals surface area contributed by atoms with Gasteiger partial charge in [0, 0.05) is 12.1 Å². The Morgan fingerprint density at radius 2 is 2.11 bits per heavy atom. The van der Waals surface area contributed by atoms with Crippen LogP contribution in [0, 0.1) is 11.7 Å². The largest absolute Gasteiger partial charge is 0.396 e. The average molecular weight is 250 g/mol. The molecule has 1 saturated carbocycles. The molecule has 1 aliphatic carbocycles. The van der Waals surface area contributed by atoms with Crippen molar-refractivity contribution in [2.45, 2.75) is 38.5 Å². The van der Waals surface area contributed by atoms with Gasteiger partial charge in [-0.25, -0.2) is 4.39 Å². The molecule has 2 rings (SSSR count). The first kappa shape index (κ1) is 12.9. The number of nitrogens with two attached hydrogens (primary N) is 1. The summed E-state index contributed by atoms with van der Waals surface area (Å²) in [7, 11) is 0. The van der Waals surface area contributed by atoms with Crippen LogP contribution >= 0.6 is 0 Å². The summed E-state index contributed by atoms with van der Waals surface area (Å²) in [5.41, 5.74) is 5.94. The van der Waals surface area contributed by atoms with Crippen molar-refractivity contribution in [3.05, 3.63) is 24.0 Å². The Morgan fingerprint density at radius 3 is 2.78 bits per heavy atom. The quantitative estimate of drug-likeness (QED) is 0.805. The maximum atomic E-state index is 13.2. The number of halogens is 1. The molecule has 0 saturated heterocycles. The van der Waals surface area contributed by atoms with Crippen LogP contribution in [0.5, 0.6) is 0 Å². The van der Waals surface area contributed by atoms with Gasteiger partial charge in [0.2, 0.25) is 5.91 Å². The number of benzene rings is 1. The lowest BCUT2D eigenvalue weighted by molar-refractivity contribution is -0.116. The molecule has 0 aromatic heterocycles. The van der Waals surface area contributed by atoms with E-state index in [2.05, 4.69) is 5.32 Å². The number of amides is 1. The summed E-state index contributed by atoms with van der Waals surface area (Å²) < 4.78 is 13.2. The molecule has 0 atom stereocenters. The Morgan fingerprint density at radius 1 is 1.39 bits per heavy atom. The minimum Gasteiger partial charge on any atom is -0.396 e. The normalized spacial score (nSPS) is 15.8. The number of nitrogens with one attached hydrogen (secondary N) is 1. The molecule has 0 spiro atoms. The van der Waals surface area contributed by atoms with Gasteiger partial charge < -0.3 is 11.1 Å². The van der Waals surface area contributed by atoms with Gasteiger partial charge in [-0.05, 0) is 30.5 Å². The number of anilines is 2. The summed E-state index contributed by atoms with van der Waals surface area (Å²) in [6, 6.07) is 4.33. The van der Waals surface area contributed by atoms with E-state index in [4.69, 9.17) is 5.73 Å². The first-order valence-electron chi connectivity index (χ1n) is 6.50. The topological polar surface area (TPSA) is 55.1 Å². The van der Waals surface area contributed by atoms with E-state index in [0.29, 0.717) is 18.0 Å². The van der Waals surface area contributed by atoms with Gasteiger partial charge in [0.25, 0.3) is 0 Å². The van der Waals surface area contributed by atoms with E-state index in [0.717, 1.165) is 6.42 Å². The molecular formula is C14H19FN2O. The molecule has 0 bridgehead atoms. The molecule has 0 radical (unpaired) electrons. The van der Waals surface area contributed by atoms with Crippen molar-refractivity contribution in [2.75, 3.05) is 11.1 Å². The van der Waals surface area contributed by atoms with Crippen LogP contribution in [-0.4, -0.2) is 5.91 Å². The van der Waals surface area contributed by atoms with Crippen LogP contribution in [0.15, 0.2) is 18.2 Å². The standard InChI is InChI=1S/C14H19FN2O/c15-12-9-11(6-7-13(12)16)17-14(18)8-5-10-3-1-2-4-10/h6-7,9-10H,1-5,8,16H2,(H,17,18). The highest BCUT2D eigenvalue weighted by Crippen LogP contribution is 2.28. The highest BCUT2D eigenvalue weighted by atomic mass is 19.1. The van der Waals surface area contributed by atoms with Crippen molar-refractivity contribution in [3.63, 3.8) is 0 Å². The molecule has 0 unspecified atom stereocenters. The lowest BCUT2D eigenvalue weighted by Gasteiger charge is -2.09. The first-order chi connectivity index (χ1) is 8.65. The SMILES string of the molecule is Nc1ccc(NC(=O)CCC2CCCC2)cc1F. The zero-order valence-corrected chi connectivity index (χ0v) is 10.4. The average Bonchev–Trinajstić information content (AvgIpc) is 2.84. The zero-order valence-electron chi connectivity index (χ0n) is 10.4. The molecule has 4 heteroatoms. The van der Waals surface area contributed by atoms with Crippen molar-refractivity contribution < 1.29 is 9.18 Å². The van der Waals surface area contributed by atoms with Crippen LogP contribution in [0.4, 0.5) is 15.8 Å². The number of nitrogen functional groups attached to an aromatic ring is 1. The second-order valence-corrected chi connectivity index (χ2v) is 4.97. The van der Waals surface area contributed by atoms with E-state index in [1.54, 1.807) is 6.07 Å². The highest BCUT2D eigenvalue weighted by molar-refractivity contribution is 5.90. The van der Waals surface area contributed by atoms with Crippen molar-refractivity contribution in [1.82, 2.24) is 0 Å². The third-order valence-corrected chi connectivity index (χ3v) is 3.54. The summed E-state index contributed by atoms with van der Waals surface area (Å²) in [4.78, 5) is 11.7. The maximum Gasteiger partial charge on any atom is 0.224 e. The van der Waals surface area contributed by atoms with Crippen LogP contribution < -0.4 is 11.1 Å². The third-order valence-electron chi connectivity index (χ3n) is 3.54. The number of hydrogen-bond donors (Lipinski definition) is 2. The summed E-state index contributed by atoms with van der Waals surface area (Å²) in [6.45, 7) is 0.